The third-order valence-electron chi connectivity index (χ3n) is 6.03. The molecule has 29 heavy (non-hydrogen) atoms. The number of benzene rings is 2. The number of aryl methyl sites for hydroxylation is 1. The quantitative estimate of drug-likeness (QED) is 0.426. The zero-order chi connectivity index (χ0) is 20.4. The Balaban J connectivity index is 1.30. The Morgan fingerprint density at radius 2 is 1.83 bits per heavy atom. The normalized spacial score (nSPS) is 15.8. The molecular weight excluding hydrogens is 403 g/mol. The number of ketones is 1. The number of hydrogen-bond donors (Lipinski definition) is 0. The monoisotopic (exact) mass is 428 g/mol. The summed E-state index contributed by atoms with van der Waals surface area (Å²) in [5, 5.41) is 2.43. The molecule has 1 aromatic heterocycles. The van der Waals surface area contributed by atoms with Crippen molar-refractivity contribution in [1.29, 1.82) is 0 Å². The first-order valence-electron chi connectivity index (χ1n) is 10.2. The number of aromatic nitrogens is 1. The lowest BCUT2D eigenvalue weighted by molar-refractivity contribution is 0.0963. The predicted molar refractivity (Wildman–Crippen MR) is 121 cm³/mol. The minimum absolute atomic E-state index is 0.222. The van der Waals surface area contributed by atoms with Crippen LogP contribution in [0.25, 0.3) is 10.9 Å². The standard InChI is InChI=1S/C24H26Cl2N2O/c1-27-16-22(21-14-20(26)6-7-23(21)27)24(29)8-5-17-9-11-28(12-10-17)15-18-3-2-4-19(25)13-18/h2-4,6-7,13-14,16-17H,5,8-12,15H2,1H3. The molecule has 0 radical (unpaired) electrons. The molecule has 2 aromatic carbocycles. The molecule has 0 amide bonds. The number of carbonyl (C=O) groups excluding carboxylic acids is 1. The molecule has 1 fully saturated rings. The van der Waals surface area contributed by atoms with Crippen molar-refractivity contribution in [2.45, 2.75) is 32.2 Å². The maximum absolute atomic E-state index is 12.9. The van der Waals surface area contributed by atoms with Crippen LogP contribution in [0.2, 0.25) is 10.0 Å². The number of Topliss-reactive ketones (excluding diaryl/α,β-unsaturated/α-hetero) is 1. The topological polar surface area (TPSA) is 25.2 Å². The highest BCUT2D eigenvalue weighted by Crippen LogP contribution is 2.28. The van der Waals surface area contributed by atoms with Gasteiger partial charge in [0.05, 0.1) is 0 Å². The van der Waals surface area contributed by atoms with E-state index < -0.39 is 0 Å². The molecule has 1 aliphatic rings. The van der Waals surface area contributed by atoms with Gasteiger partial charge < -0.3 is 4.57 Å². The molecule has 1 saturated heterocycles. The van der Waals surface area contributed by atoms with Crippen LogP contribution in [0.4, 0.5) is 0 Å². The van der Waals surface area contributed by atoms with Crippen LogP contribution in [0, 0.1) is 5.92 Å². The number of rotatable bonds is 6. The molecule has 4 rings (SSSR count). The molecule has 3 nitrogen and oxygen atoms in total. The van der Waals surface area contributed by atoms with Crippen molar-refractivity contribution in [2.24, 2.45) is 13.0 Å². The van der Waals surface area contributed by atoms with Gasteiger partial charge >= 0.3 is 0 Å². The SMILES string of the molecule is Cn1cc(C(=O)CCC2CCN(Cc3cccc(Cl)c3)CC2)c2cc(Cl)ccc21. The van der Waals surface area contributed by atoms with Crippen LogP contribution in [0.3, 0.4) is 0 Å². The average molecular weight is 429 g/mol. The molecule has 152 valence electrons. The van der Waals surface area contributed by atoms with Crippen molar-refractivity contribution < 1.29 is 4.79 Å². The number of fused-ring (bicyclic) bond motifs is 1. The van der Waals surface area contributed by atoms with Gasteiger partial charge in [-0.05, 0) is 74.2 Å². The van der Waals surface area contributed by atoms with Gasteiger partial charge in [0, 0.05) is 52.7 Å². The van der Waals surface area contributed by atoms with E-state index in [4.69, 9.17) is 23.2 Å². The number of piperidine rings is 1. The van der Waals surface area contributed by atoms with Crippen molar-refractivity contribution in [3.05, 3.63) is 69.8 Å². The highest BCUT2D eigenvalue weighted by Gasteiger charge is 2.21. The first-order valence-corrected chi connectivity index (χ1v) is 11.0. The molecule has 0 spiro atoms. The first-order chi connectivity index (χ1) is 14.0. The Bertz CT molecular complexity index is 1020. The number of carbonyl (C=O) groups is 1. The Morgan fingerprint density at radius 3 is 2.59 bits per heavy atom. The van der Waals surface area contributed by atoms with E-state index in [-0.39, 0.29) is 5.78 Å². The van der Waals surface area contributed by atoms with Crippen molar-refractivity contribution in [3.8, 4) is 0 Å². The summed E-state index contributed by atoms with van der Waals surface area (Å²) < 4.78 is 2.01. The Hall–Kier alpha value is -1.81. The number of likely N-dealkylation sites (tertiary alicyclic amines) is 1. The van der Waals surface area contributed by atoms with E-state index in [1.807, 2.05) is 54.2 Å². The summed E-state index contributed by atoms with van der Waals surface area (Å²) in [6, 6.07) is 13.8. The van der Waals surface area contributed by atoms with Crippen molar-refractivity contribution >= 4 is 39.9 Å². The van der Waals surface area contributed by atoms with Crippen LogP contribution in [-0.4, -0.2) is 28.3 Å². The highest BCUT2D eigenvalue weighted by atomic mass is 35.5. The third-order valence-corrected chi connectivity index (χ3v) is 6.50. The maximum Gasteiger partial charge on any atom is 0.165 e. The summed E-state index contributed by atoms with van der Waals surface area (Å²) in [5.41, 5.74) is 3.11. The third kappa shape index (κ3) is 4.85. The summed E-state index contributed by atoms with van der Waals surface area (Å²) in [5.74, 6) is 0.840. The van der Waals surface area contributed by atoms with Gasteiger partial charge in [-0.15, -0.1) is 0 Å². The van der Waals surface area contributed by atoms with E-state index >= 15 is 0 Å². The molecule has 3 aromatic rings. The van der Waals surface area contributed by atoms with Crippen LogP contribution in [0.15, 0.2) is 48.7 Å². The van der Waals surface area contributed by atoms with Gasteiger partial charge in [-0.2, -0.15) is 0 Å². The summed E-state index contributed by atoms with van der Waals surface area (Å²) >= 11 is 12.2. The van der Waals surface area contributed by atoms with Crippen molar-refractivity contribution in [2.75, 3.05) is 13.1 Å². The molecule has 0 bridgehead atoms. The summed E-state index contributed by atoms with van der Waals surface area (Å²) in [7, 11) is 1.97. The lowest BCUT2D eigenvalue weighted by atomic mass is 9.90. The molecule has 0 saturated carbocycles. The molecule has 0 N–H and O–H groups in total. The van der Waals surface area contributed by atoms with Gasteiger partial charge in [0.25, 0.3) is 0 Å². The fourth-order valence-electron chi connectivity index (χ4n) is 4.38. The lowest BCUT2D eigenvalue weighted by Gasteiger charge is -2.32. The Labute approximate surface area is 182 Å². The molecule has 5 heteroatoms. The van der Waals surface area contributed by atoms with E-state index in [9.17, 15) is 4.79 Å². The zero-order valence-corrected chi connectivity index (χ0v) is 18.2. The number of hydrogen-bond acceptors (Lipinski definition) is 2. The fraction of sp³-hybridized carbons (Fsp3) is 0.375. The van der Waals surface area contributed by atoms with Gasteiger partial charge in [0.2, 0.25) is 0 Å². The van der Waals surface area contributed by atoms with Crippen LogP contribution < -0.4 is 0 Å². The van der Waals surface area contributed by atoms with Crippen molar-refractivity contribution in [3.63, 3.8) is 0 Å². The molecule has 1 aliphatic heterocycles. The average Bonchev–Trinajstić information content (AvgIpc) is 3.03. The predicted octanol–water partition coefficient (Wildman–Crippen LogP) is 6.36. The van der Waals surface area contributed by atoms with Crippen LogP contribution in [0.1, 0.15) is 41.6 Å². The minimum atomic E-state index is 0.222. The Morgan fingerprint density at radius 1 is 1.07 bits per heavy atom. The second-order valence-electron chi connectivity index (χ2n) is 8.13. The van der Waals surface area contributed by atoms with Gasteiger partial charge in [0.15, 0.2) is 5.78 Å². The van der Waals surface area contributed by atoms with E-state index in [0.717, 1.165) is 60.4 Å². The summed E-state index contributed by atoms with van der Waals surface area (Å²) in [6.45, 7) is 3.10. The highest BCUT2D eigenvalue weighted by molar-refractivity contribution is 6.31. The smallest absolute Gasteiger partial charge is 0.165 e. The van der Waals surface area contributed by atoms with Crippen LogP contribution in [-0.2, 0) is 13.6 Å². The van der Waals surface area contributed by atoms with E-state index in [1.165, 1.54) is 5.56 Å². The molecular formula is C24H26Cl2N2O. The second kappa shape index (κ2) is 8.91. The lowest BCUT2D eigenvalue weighted by Crippen LogP contribution is -2.33. The summed E-state index contributed by atoms with van der Waals surface area (Å²) in [6.07, 6.45) is 5.80. The molecule has 0 atom stereocenters. The van der Waals surface area contributed by atoms with E-state index in [2.05, 4.69) is 11.0 Å². The zero-order valence-electron chi connectivity index (χ0n) is 16.7. The molecule has 2 heterocycles. The van der Waals surface area contributed by atoms with Crippen LogP contribution in [0.5, 0.6) is 0 Å². The van der Waals surface area contributed by atoms with Crippen LogP contribution >= 0.6 is 23.2 Å². The first kappa shape index (κ1) is 20.5. The van der Waals surface area contributed by atoms with Gasteiger partial charge in [-0.3, -0.25) is 9.69 Å². The molecule has 0 unspecified atom stereocenters. The summed E-state index contributed by atoms with van der Waals surface area (Å²) in [4.78, 5) is 15.4. The van der Waals surface area contributed by atoms with Gasteiger partial charge in [-0.25, -0.2) is 0 Å². The van der Waals surface area contributed by atoms with Gasteiger partial charge in [-0.1, -0.05) is 35.3 Å². The molecule has 0 aliphatic carbocycles. The van der Waals surface area contributed by atoms with E-state index in [0.29, 0.717) is 17.4 Å². The minimum Gasteiger partial charge on any atom is -0.350 e. The number of halogens is 2. The number of nitrogens with zero attached hydrogens (tertiary/aromatic N) is 2. The fourth-order valence-corrected chi connectivity index (χ4v) is 4.77. The maximum atomic E-state index is 12.9. The second-order valence-corrected chi connectivity index (χ2v) is 9.00. The van der Waals surface area contributed by atoms with Gasteiger partial charge in [0.1, 0.15) is 0 Å². The largest absolute Gasteiger partial charge is 0.350 e. The van der Waals surface area contributed by atoms with Crippen molar-refractivity contribution in [1.82, 2.24) is 9.47 Å². The van der Waals surface area contributed by atoms with E-state index in [1.54, 1.807) is 0 Å². The Kier molecular flexibility index (Phi) is 6.29.